The summed E-state index contributed by atoms with van der Waals surface area (Å²) in [5.41, 5.74) is -0.0673. The molecule has 30 heavy (non-hydrogen) atoms. The lowest BCUT2D eigenvalue weighted by Crippen LogP contribution is -2.47. The minimum absolute atomic E-state index is 0.0328. The van der Waals surface area contributed by atoms with Gasteiger partial charge in [-0.25, -0.2) is 0 Å². The molecule has 0 bridgehead atoms. The Labute approximate surface area is 173 Å². The van der Waals surface area contributed by atoms with E-state index in [1.165, 1.54) is 12.3 Å². The maximum Gasteiger partial charge on any atom is 0.418 e. The van der Waals surface area contributed by atoms with Crippen molar-refractivity contribution < 1.29 is 22.7 Å². The number of pyridine rings is 1. The minimum atomic E-state index is -4.46. The third-order valence-electron chi connectivity index (χ3n) is 5.82. The van der Waals surface area contributed by atoms with Gasteiger partial charge in [-0.1, -0.05) is 6.92 Å². The molecule has 1 amide bonds. The first-order valence-corrected chi connectivity index (χ1v) is 10.1. The maximum atomic E-state index is 13.4. The van der Waals surface area contributed by atoms with Gasteiger partial charge in [-0.15, -0.1) is 0 Å². The van der Waals surface area contributed by atoms with E-state index >= 15 is 0 Å². The number of rotatable bonds is 4. The highest BCUT2D eigenvalue weighted by atomic mass is 19.4. The minimum Gasteiger partial charge on any atom is -0.379 e. The van der Waals surface area contributed by atoms with Gasteiger partial charge < -0.3 is 15.0 Å². The Kier molecular flexibility index (Phi) is 5.84. The zero-order valence-corrected chi connectivity index (χ0v) is 16.8. The van der Waals surface area contributed by atoms with E-state index in [0.29, 0.717) is 43.9 Å². The van der Waals surface area contributed by atoms with E-state index in [1.807, 2.05) is 11.8 Å². The molecule has 0 radical (unpaired) electrons. The molecule has 6 nitrogen and oxygen atoms in total. The fourth-order valence-electron chi connectivity index (χ4n) is 4.23. The van der Waals surface area contributed by atoms with Gasteiger partial charge in [0, 0.05) is 43.4 Å². The van der Waals surface area contributed by atoms with E-state index in [9.17, 15) is 18.0 Å². The van der Waals surface area contributed by atoms with E-state index < -0.39 is 11.7 Å². The third kappa shape index (κ3) is 4.37. The number of carbonyl (C=O) groups excluding carboxylic acids is 1. The first-order valence-electron chi connectivity index (χ1n) is 10.1. The number of anilines is 1. The van der Waals surface area contributed by atoms with Gasteiger partial charge in [0.25, 0.3) is 0 Å². The van der Waals surface area contributed by atoms with Crippen molar-refractivity contribution >= 4 is 22.5 Å². The molecule has 0 aliphatic carbocycles. The van der Waals surface area contributed by atoms with Gasteiger partial charge in [-0.3, -0.25) is 14.7 Å². The summed E-state index contributed by atoms with van der Waals surface area (Å²) in [7, 11) is 0. The quantitative estimate of drug-likeness (QED) is 0.821. The van der Waals surface area contributed by atoms with E-state index in [-0.39, 0.29) is 23.4 Å². The van der Waals surface area contributed by atoms with Crippen LogP contribution in [0.5, 0.6) is 0 Å². The Morgan fingerprint density at radius 2 is 2.00 bits per heavy atom. The smallest absolute Gasteiger partial charge is 0.379 e. The molecule has 2 fully saturated rings. The third-order valence-corrected chi connectivity index (χ3v) is 5.82. The van der Waals surface area contributed by atoms with E-state index in [1.54, 1.807) is 12.1 Å². The van der Waals surface area contributed by atoms with E-state index in [2.05, 4.69) is 15.2 Å². The van der Waals surface area contributed by atoms with Crippen LogP contribution in [-0.2, 0) is 15.7 Å². The summed E-state index contributed by atoms with van der Waals surface area (Å²) in [5.74, 6) is 0.141. The molecule has 1 aromatic carbocycles. The second-order valence-corrected chi connectivity index (χ2v) is 7.97. The van der Waals surface area contributed by atoms with Crippen molar-refractivity contribution in [1.82, 2.24) is 15.2 Å². The lowest BCUT2D eigenvalue weighted by molar-refractivity contribution is -0.136. The van der Waals surface area contributed by atoms with Gasteiger partial charge in [0.15, 0.2) is 0 Å². The fraction of sp³-hybridized carbons (Fsp3) is 0.524. The highest BCUT2D eigenvalue weighted by Gasteiger charge is 2.36. The summed E-state index contributed by atoms with van der Waals surface area (Å²) in [6, 6.07) is 5.86. The van der Waals surface area contributed by atoms with Crippen molar-refractivity contribution in [2.24, 2.45) is 5.92 Å². The number of carbonyl (C=O) groups is 1. The average Bonchev–Trinajstić information content (AvgIpc) is 3.07. The molecule has 1 aromatic heterocycles. The zero-order chi connectivity index (χ0) is 21.3. The van der Waals surface area contributed by atoms with Crippen molar-refractivity contribution in [2.75, 3.05) is 50.8 Å². The number of fused-ring (bicyclic) bond motifs is 1. The number of ether oxygens (including phenoxy) is 1. The molecule has 162 valence electrons. The first-order chi connectivity index (χ1) is 14.3. The second-order valence-electron chi connectivity index (χ2n) is 7.97. The Morgan fingerprint density at radius 1 is 1.23 bits per heavy atom. The van der Waals surface area contributed by atoms with Crippen LogP contribution < -0.4 is 10.2 Å². The summed E-state index contributed by atoms with van der Waals surface area (Å²) >= 11 is 0. The molecule has 0 saturated carbocycles. The molecule has 1 N–H and O–H groups in total. The van der Waals surface area contributed by atoms with Crippen molar-refractivity contribution in [3.8, 4) is 0 Å². The Balaban J connectivity index is 1.49. The molecule has 0 unspecified atom stereocenters. The van der Waals surface area contributed by atoms with Crippen LogP contribution in [0, 0.1) is 5.92 Å². The van der Waals surface area contributed by atoms with Crippen molar-refractivity contribution in [3.05, 3.63) is 36.0 Å². The first kappa shape index (κ1) is 20.9. The summed E-state index contributed by atoms with van der Waals surface area (Å²) < 4.78 is 45.4. The molecule has 2 aliphatic heterocycles. The lowest BCUT2D eigenvalue weighted by atomic mass is 10.1. The predicted octanol–water partition coefficient (Wildman–Crippen LogP) is 2.53. The Morgan fingerprint density at radius 3 is 2.73 bits per heavy atom. The summed E-state index contributed by atoms with van der Waals surface area (Å²) in [6.45, 7) is 6.33. The predicted molar refractivity (Wildman–Crippen MR) is 107 cm³/mol. The molecule has 2 atom stereocenters. The topological polar surface area (TPSA) is 57.7 Å². The van der Waals surface area contributed by atoms with Crippen LogP contribution in [-0.4, -0.2) is 67.8 Å². The van der Waals surface area contributed by atoms with E-state index in [4.69, 9.17) is 4.74 Å². The number of aromatic nitrogens is 1. The van der Waals surface area contributed by atoms with Crippen molar-refractivity contribution in [2.45, 2.75) is 19.1 Å². The number of amides is 1. The number of hydrogen-bond acceptors (Lipinski definition) is 5. The van der Waals surface area contributed by atoms with Gasteiger partial charge in [-0.2, -0.15) is 13.2 Å². The number of hydrogen-bond donors (Lipinski definition) is 1. The van der Waals surface area contributed by atoms with Crippen LogP contribution in [0.1, 0.15) is 12.5 Å². The summed E-state index contributed by atoms with van der Waals surface area (Å²) in [6.07, 6.45) is -3.08. The largest absolute Gasteiger partial charge is 0.418 e. The second kappa shape index (κ2) is 8.39. The normalized spacial score (nSPS) is 23.1. The van der Waals surface area contributed by atoms with Crippen LogP contribution in [0.25, 0.3) is 10.9 Å². The number of nitrogens with zero attached hydrogens (tertiary/aromatic N) is 3. The molecule has 2 aliphatic rings. The zero-order valence-electron chi connectivity index (χ0n) is 16.8. The monoisotopic (exact) mass is 422 g/mol. The summed E-state index contributed by atoms with van der Waals surface area (Å²) in [4.78, 5) is 20.6. The Bertz CT molecular complexity index is 915. The fourth-order valence-corrected chi connectivity index (χ4v) is 4.23. The SMILES string of the molecule is C[C@@H]1CN(c2ccc(C(F)(F)F)c3ncccc23)C[C@@H]1NC(=O)CN1CCOCC1. The molecule has 3 heterocycles. The van der Waals surface area contributed by atoms with Crippen LogP contribution in [0.4, 0.5) is 18.9 Å². The number of nitrogens with one attached hydrogen (secondary N) is 1. The molecular weight excluding hydrogens is 397 g/mol. The van der Waals surface area contributed by atoms with Crippen LogP contribution in [0.3, 0.4) is 0 Å². The number of morpholine rings is 1. The Hall–Kier alpha value is -2.39. The molecule has 2 aromatic rings. The lowest BCUT2D eigenvalue weighted by Gasteiger charge is -2.27. The average molecular weight is 422 g/mol. The molecule has 0 spiro atoms. The molecule has 9 heteroatoms. The van der Waals surface area contributed by atoms with Gasteiger partial charge in [-0.05, 0) is 30.2 Å². The van der Waals surface area contributed by atoms with Crippen molar-refractivity contribution in [3.63, 3.8) is 0 Å². The van der Waals surface area contributed by atoms with E-state index in [0.717, 1.165) is 19.2 Å². The standard InChI is InChI=1S/C21H25F3N4O2/c1-14-11-28(12-17(14)26-19(29)13-27-7-9-30-10-8-27)18-5-4-16(21(22,23)24)20-15(18)3-2-6-25-20/h2-6,14,17H,7-13H2,1H3,(H,26,29)/t14-,17+/m1/s1. The number of alkyl halides is 3. The van der Waals surface area contributed by atoms with Crippen LogP contribution in [0.15, 0.2) is 30.5 Å². The highest BCUT2D eigenvalue weighted by molar-refractivity contribution is 5.94. The number of halogens is 3. The molecule has 2 saturated heterocycles. The summed E-state index contributed by atoms with van der Waals surface area (Å²) in [5, 5.41) is 3.57. The van der Waals surface area contributed by atoms with Crippen LogP contribution in [0.2, 0.25) is 0 Å². The van der Waals surface area contributed by atoms with Gasteiger partial charge in [0.05, 0.1) is 36.9 Å². The van der Waals surface area contributed by atoms with Gasteiger partial charge in [0.1, 0.15) is 0 Å². The molecule has 4 rings (SSSR count). The number of benzene rings is 1. The van der Waals surface area contributed by atoms with Gasteiger partial charge in [0.2, 0.25) is 5.91 Å². The van der Waals surface area contributed by atoms with Gasteiger partial charge >= 0.3 is 6.18 Å². The maximum absolute atomic E-state index is 13.4. The van der Waals surface area contributed by atoms with Crippen molar-refractivity contribution in [1.29, 1.82) is 0 Å². The highest BCUT2D eigenvalue weighted by Crippen LogP contribution is 2.38. The molecular formula is C21H25F3N4O2. The van der Waals surface area contributed by atoms with Crippen LogP contribution >= 0.6 is 0 Å².